The van der Waals surface area contributed by atoms with Crippen LogP contribution >= 0.6 is 11.6 Å². The summed E-state index contributed by atoms with van der Waals surface area (Å²) in [6.45, 7) is 5.92. The summed E-state index contributed by atoms with van der Waals surface area (Å²) in [6.07, 6.45) is 4.63. The molecule has 4 aromatic rings. The Kier molecular flexibility index (Phi) is 7.56. The van der Waals surface area contributed by atoms with E-state index in [1.54, 1.807) is 29.2 Å². The van der Waals surface area contributed by atoms with Crippen molar-refractivity contribution in [3.63, 3.8) is 0 Å². The van der Waals surface area contributed by atoms with Crippen molar-refractivity contribution in [2.45, 2.75) is 43.4 Å². The van der Waals surface area contributed by atoms with Gasteiger partial charge in [0.25, 0.3) is 0 Å². The van der Waals surface area contributed by atoms with Crippen molar-refractivity contribution >= 4 is 45.0 Å². The van der Waals surface area contributed by atoms with Crippen LogP contribution in [0.3, 0.4) is 0 Å². The molecule has 45 heavy (non-hydrogen) atoms. The lowest BCUT2D eigenvalue weighted by molar-refractivity contribution is -0.125. The molecule has 2 aromatic heterocycles. The Hall–Kier alpha value is -3.96. The Morgan fingerprint density at radius 2 is 2.07 bits per heavy atom. The fourth-order valence-corrected chi connectivity index (χ4v) is 7.53. The van der Waals surface area contributed by atoms with Gasteiger partial charge in [0.1, 0.15) is 35.6 Å². The van der Waals surface area contributed by atoms with Gasteiger partial charge in [-0.2, -0.15) is 9.97 Å². The van der Waals surface area contributed by atoms with Crippen LogP contribution in [0.1, 0.15) is 25.7 Å². The summed E-state index contributed by atoms with van der Waals surface area (Å²) in [6, 6.07) is 7.83. The van der Waals surface area contributed by atoms with Gasteiger partial charge >= 0.3 is 6.01 Å². The molecule has 2 aromatic carbocycles. The molecule has 1 amide bonds. The first-order valence-corrected chi connectivity index (χ1v) is 15.5. The zero-order chi connectivity index (χ0) is 31.5. The second-order valence-corrected chi connectivity index (χ2v) is 12.6. The van der Waals surface area contributed by atoms with Crippen LogP contribution in [-0.2, 0) is 4.79 Å². The monoisotopic (exact) mass is 636 g/mol. The van der Waals surface area contributed by atoms with E-state index in [4.69, 9.17) is 21.3 Å². The number of ether oxygens (including phenoxy) is 1. The minimum Gasteiger partial charge on any atom is -0.461 e. The number of pyridine rings is 1. The van der Waals surface area contributed by atoms with Gasteiger partial charge in [0.2, 0.25) is 5.91 Å². The van der Waals surface area contributed by atoms with Gasteiger partial charge in [-0.1, -0.05) is 42.4 Å². The third kappa shape index (κ3) is 5.06. The highest BCUT2D eigenvalue weighted by molar-refractivity contribution is 6.36. The summed E-state index contributed by atoms with van der Waals surface area (Å²) >= 11 is 6.38. The van der Waals surface area contributed by atoms with Crippen molar-refractivity contribution < 1.29 is 22.7 Å². The second kappa shape index (κ2) is 11.4. The van der Waals surface area contributed by atoms with Crippen LogP contribution in [0.4, 0.5) is 19.0 Å². The number of anilines is 1. The Morgan fingerprint density at radius 1 is 1.22 bits per heavy atom. The van der Waals surface area contributed by atoms with E-state index in [9.17, 15) is 13.6 Å². The lowest BCUT2D eigenvalue weighted by Gasteiger charge is -2.31. The van der Waals surface area contributed by atoms with E-state index in [2.05, 4.69) is 21.4 Å². The highest BCUT2D eigenvalue weighted by atomic mass is 35.5. The Morgan fingerprint density at radius 3 is 2.89 bits per heavy atom. The number of hydrogen-bond donors (Lipinski definition) is 0. The van der Waals surface area contributed by atoms with Crippen LogP contribution in [0, 0.1) is 11.6 Å². The molecule has 3 saturated heterocycles. The maximum atomic E-state index is 16.6. The molecule has 0 N–H and O–H groups in total. The number of aromatic nitrogens is 3. The number of carbonyl (C=O) groups is 1. The second-order valence-electron chi connectivity index (χ2n) is 12.2. The number of hydrogen-bond acceptors (Lipinski definition) is 7. The Bertz CT molecular complexity index is 1840. The fraction of sp³-hybridized carbons (Fsp3) is 0.394. The first-order chi connectivity index (χ1) is 21.7. The fourth-order valence-electron chi connectivity index (χ4n) is 7.26. The van der Waals surface area contributed by atoms with E-state index in [0.29, 0.717) is 60.0 Å². The number of fused-ring (bicyclic) bond motifs is 3. The highest BCUT2D eigenvalue weighted by Crippen LogP contribution is 2.41. The van der Waals surface area contributed by atoms with Crippen LogP contribution in [0.5, 0.6) is 6.01 Å². The molecular formula is C33H32ClF3N6O2. The molecule has 0 unspecified atom stereocenters. The Labute approximate surface area is 263 Å². The standard InChI is InChI=1S/C33H32ClF3N6O2/c1-3-25(44)42-13-10-21(17-42)41(2)31-23-15-38-29(22-7-4-6-19-8-9-24(36)27(34)26(19)22)28(37)30(23)39-32(40-31)45-18-33-11-5-12-43(33)16-20(35)14-33/h3-4,6-9,15,20-21H,1,5,10-14,16-18H2,2H3/t20-,21-,33+/m1/s1. The number of carbonyl (C=O) groups excluding carboxylic acids is 1. The van der Waals surface area contributed by atoms with Crippen LogP contribution < -0.4 is 9.64 Å². The SMILES string of the molecule is C=CC(=O)N1CC[C@@H](N(C)c2nc(OC[C@@]34CCCN3C[C@H](F)C4)nc3c(F)c(-c4cccc5ccc(F)c(Cl)c45)ncc23)C1. The quantitative estimate of drug-likeness (QED) is 0.232. The van der Waals surface area contributed by atoms with E-state index >= 15 is 4.39 Å². The average molecular weight is 637 g/mol. The molecule has 5 heterocycles. The summed E-state index contributed by atoms with van der Waals surface area (Å²) in [4.78, 5) is 31.7. The zero-order valence-electron chi connectivity index (χ0n) is 24.8. The van der Waals surface area contributed by atoms with Gasteiger partial charge in [-0.05, 0) is 43.3 Å². The smallest absolute Gasteiger partial charge is 0.319 e. The van der Waals surface area contributed by atoms with Gasteiger partial charge in [0, 0.05) is 56.3 Å². The third-order valence-corrected chi connectivity index (χ3v) is 9.97. The number of rotatable bonds is 7. The molecule has 0 radical (unpaired) electrons. The van der Waals surface area contributed by atoms with Gasteiger partial charge in [-0.25, -0.2) is 13.2 Å². The number of nitrogens with zero attached hydrogens (tertiary/aromatic N) is 6. The summed E-state index contributed by atoms with van der Waals surface area (Å²) in [5.41, 5.74) is -0.197. The normalized spacial score (nSPS) is 23.2. The van der Waals surface area contributed by atoms with Gasteiger partial charge in [-0.15, -0.1) is 0 Å². The van der Waals surface area contributed by atoms with Crippen molar-refractivity contribution in [3.05, 3.63) is 65.8 Å². The van der Waals surface area contributed by atoms with E-state index in [1.807, 2.05) is 11.9 Å². The number of benzene rings is 2. The van der Waals surface area contributed by atoms with Gasteiger partial charge in [0.15, 0.2) is 5.82 Å². The number of halogens is 4. The molecule has 0 saturated carbocycles. The Balaban J connectivity index is 1.33. The number of likely N-dealkylation sites (N-methyl/N-ethyl adjacent to an activating group) is 1. The van der Waals surface area contributed by atoms with Crippen LogP contribution in [0.15, 0.2) is 49.2 Å². The van der Waals surface area contributed by atoms with E-state index in [0.717, 1.165) is 19.4 Å². The molecule has 12 heteroatoms. The predicted octanol–water partition coefficient (Wildman–Crippen LogP) is 5.95. The summed E-state index contributed by atoms with van der Waals surface area (Å²) in [7, 11) is 1.83. The van der Waals surface area contributed by atoms with Crippen LogP contribution in [0.25, 0.3) is 32.9 Å². The van der Waals surface area contributed by atoms with Crippen molar-refractivity contribution in [1.82, 2.24) is 24.8 Å². The number of likely N-dealkylation sites (tertiary alicyclic amines) is 1. The molecular weight excluding hydrogens is 605 g/mol. The average Bonchev–Trinajstić information content (AvgIpc) is 3.76. The van der Waals surface area contributed by atoms with Crippen molar-refractivity contribution in [1.29, 1.82) is 0 Å². The van der Waals surface area contributed by atoms with Crippen LogP contribution in [-0.4, -0.2) is 88.2 Å². The molecule has 3 aliphatic rings. The van der Waals surface area contributed by atoms with Crippen molar-refractivity contribution in [3.8, 4) is 17.3 Å². The van der Waals surface area contributed by atoms with Crippen LogP contribution in [0.2, 0.25) is 5.02 Å². The molecule has 0 bridgehead atoms. The molecule has 0 aliphatic carbocycles. The zero-order valence-corrected chi connectivity index (χ0v) is 25.5. The predicted molar refractivity (Wildman–Crippen MR) is 167 cm³/mol. The third-order valence-electron chi connectivity index (χ3n) is 9.60. The minimum absolute atomic E-state index is 0.0241. The molecule has 3 aliphatic heterocycles. The first kappa shape index (κ1) is 29.7. The molecule has 3 fully saturated rings. The molecule has 0 spiro atoms. The maximum absolute atomic E-state index is 16.6. The van der Waals surface area contributed by atoms with Crippen molar-refractivity contribution in [2.75, 3.05) is 44.7 Å². The lowest BCUT2D eigenvalue weighted by Crippen LogP contribution is -2.43. The number of amides is 1. The van der Waals surface area contributed by atoms with Crippen molar-refractivity contribution in [2.24, 2.45) is 0 Å². The van der Waals surface area contributed by atoms with Gasteiger partial charge < -0.3 is 14.5 Å². The van der Waals surface area contributed by atoms with E-state index in [1.165, 1.54) is 18.3 Å². The summed E-state index contributed by atoms with van der Waals surface area (Å²) < 4.78 is 51.8. The van der Waals surface area contributed by atoms with Gasteiger partial charge in [0.05, 0.1) is 15.9 Å². The topological polar surface area (TPSA) is 74.7 Å². The largest absolute Gasteiger partial charge is 0.461 e. The van der Waals surface area contributed by atoms with Gasteiger partial charge in [-0.3, -0.25) is 14.7 Å². The summed E-state index contributed by atoms with van der Waals surface area (Å²) in [5, 5.41) is 1.20. The maximum Gasteiger partial charge on any atom is 0.319 e. The minimum atomic E-state index is -0.930. The molecule has 3 atom stereocenters. The lowest BCUT2D eigenvalue weighted by atomic mass is 9.95. The highest BCUT2D eigenvalue weighted by Gasteiger charge is 2.49. The molecule has 234 valence electrons. The molecule has 8 nitrogen and oxygen atoms in total. The summed E-state index contributed by atoms with van der Waals surface area (Å²) in [5.74, 6) is -1.12. The van der Waals surface area contributed by atoms with E-state index in [-0.39, 0.29) is 40.8 Å². The first-order valence-electron chi connectivity index (χ1n) is 15.1. The number of alkyl halides is 1. The molecule has 7 rings (SSSR count). The van der Waals surface area contributed by atoms with E-state index < -0.39 is 23.3 Å².